The molecule has 0 saturated heterocycles. The van der Waals surface area contributed by atoms with Gasteiger partial charge in [-0.3, -0.25) is 4.79 Å². The standard InChI is InChI=1S/C11H21NO3/c1-6-7-14-10(13)9(12)8(2)15-11(3,4)5/h6,8-9H,1,7,12H2,2-5H3. The van der Waals surface area contributed by atoms with E-state index < -0.39 is 12.0 Å². The summed E-state index contributed by atoms with van der Waals surface area (Å²) in [7, 11) is 0. The minimum atomic E-state index is -0.760. The van der Waals surface area contributed by atoms with Crippen LogP contribution < -0.4 is 5.73 Å². The molecule has 88 valence electrons. The average Bonchev–Trinajstić information content (AvgIpc) is 2.10. The SMILES string of the molecule is C=CCOC(=O)C(N)C(C)OC(C)(C)C. The number of carbonyl (C=O) groups excluding carboxylic acids is 1. The van der Waals surface area contributed by atoms with E-state index in [1.165, 1.54) is 6.08 Å². The summed E-state index contributed by atoms with van der Waals surface area (Å²) in [6.07, 6.45) is 1.13. The molecule has 0 aromatic rings. The normalized spacial score (nSPS) is 15.5. The van der Waals surface area contributed by atoms with Gasteiger partial charge in [0.2, 0.25) is 0 Å². The predicted octanol–water partition coefficient (Wildman–Crippen LogP) is 1.25. The summed E-state index contributed by atoms with van der Waals surface area (Å²) in [5.41, 5.74) is 5.35. The summed E-state index contributed by atoms with van der Waals surface area (Å²) in [5, 5.41) is 0. The molecule has 0 aliphatic heterocycles. The van der Waals surface area contributed by atoms with Crippen molar-refractivity contribution in [2.75, 3.05) is 6.61 Å². The van der Waals surface area contributed by atoms with E-state index in [4.69, 9.17) is 15.2 Å². The van der Waals surface area contributed by atoms with Crippen LogP contribution in [0.25, 0.3) is 0 Å². The Hall–Kier alpha value is -0.870. The predicted molar refractivity (Wildman–Crippen MR) is 59.4 cm³/mol. The zero-order chi connectivity index (χ0) is 12.1. The first-order chi connectivity index (χ1) is 6.78. The molecule has 0 rings (SSSR count). The van der Waals surface area contributed by atoms with E-state index in [1.54, 1.807) is 6.92 Å². The molecular formula is C11H21NO3. The van der Waals surface area contributed by atoms with Crippen LogP contribution in [0.1, 0.15) is 27.7 Å². The molecule has 0 amide bonds. The van der Waals surface area contributed by atoms with Crippen LogP contribution in [0.3, 0.4) is 0 Å². The second kappa shape index (κ2) is 5.88. The molecule has 4 heteroatoms. The first-order valence-electron chi connectivity index (χ1n) is 4.99. The lowest BCUT2D eigenvalue weighted by Crippen LogP contribution is -2.45. The number of rotatable bonds is 5. The van der Waals surface area contributed by atoms with E-state index in [9.17, 15) is 4.79 Å². The van der Waals surface area contributed by atoms with Crippen LogP contribution in [0.4, 0.5) is 0 Å². The van der Waals surface area contributed by atoms with E-state index in [0.717, 1.165) is 0 Å². The fourth-order valence-corrected chi connectivity index (χ4v) is 1.06. The van der Waals surface area contributed by atoms with Crippen molar-refractivity contribution in [1.82, 2.24) is 0 Å². The fraction of sp³-hybridized carbons (Fsp3) is 0.727. The topological polar surface area (TPSA) is 61.5 Å². The quantitative estimate of drug-likeness (QED) is 0.554. The summed E-state index contributed by atoms with van der Waals surface area (Å²) in [6, 6.07) is -0.760. The minimum absolute atomic E-state index is 0.175. The Morgan fingerprint density at radius 2 is 2.07 bits per heavy atom. The van der Waals surface area contributed by atoms with Gasteiger partial charge in [0.05, 0.1) is 11.7 Å². The van der Waals surface area contributed by atoms with Gasteiger partial charge in [-0.2, -0.15) is 0 Å². The van der Waals surface area contributed by atoms with Gasteiger partial charge in [0.15, 0.2) is 0 Å². The molecule has 2 atom stereocenters. The van der Waals surface area contributed by atoms with Crippen molar-refractivity contribution >= 4 is 5.97 Å². The number of esters is 1. The van der Waals surface area contributed by atoms with Crippen molar-refractivity contribution in [3.05, 3.63) is 12.7 Å². The van der Waals surface area contributed by atoms with Crippen LogP contribution in [0.15, 0.2) is 12.7 Å². The molecule has 0 aromatic carbocycles. The van der Waals surface area contributed by atoms with E-state index in [1.807, 2.05) is 20.8 Å². The summed E-state index contributed by atoms with van der Waals surface area (Å²) in [4.78, 5) is 11.4. The van der Waals surface area contributed by atoms with Gasteiger partial charge in [-0.05, 0) is 27.7 Å². The van der Waals surface area contributed by atoms with Crippen LogP contribution in [0, 0.1) is 0 Å². The lowest BCUT2D eigenvalue weighted by Gasteiger charge is -2.27. The molecular weight excluding hydrogens is 194 g/mol. The van der Waals surface area contributed by atoms with Crippen LogP contribution in [-0.2, 0) is 14.3 Å². The van der Waals surface area contributed by atoms with E-state index in [-0.39, 0.29) is 18.3 Å². The summed E-state index contributed by atoms with van der Waals surface area (Å²) in [6.45, 7) is 11.1. The maximum Gasteiger partial charge on any atom is 0.325 e. The highest BCUT2D eigenvalue weighted by Gasteiger charge is 2.26. The van der Waals surface area contributed by atoms with Crippen molar-refractivity contribution in [3.8, 4) is 0 Å². The van der Waals surface area contributed by atoms with Gasteiger partial charge in [-0.1, -0.05) is 12.7 Å². The van der Waals surface area contributed by atoms with Gasteiger partial charge < -0.3 is 15.2 Å². The van der Waals surface area contributed by atoms with E-state index in [0.29, 0.717) is 0 Å². The lowest BCUT2D eigenvalue weighted by molar-refractivity contribution is -0.150. The number of hydrogen-bond acceptors (Lipinski definition) is 4. The molecule has 0 saturated carbocycles. The summed E-state index contributed by atoms with van der Waals surface area (Å²) < 4.78 is 10.4. The Labute approximate surface area is 91.4 Å². The van der Waals surface area contributed by atoms with Gasteiger partial charge in [0.25, 0.3) is 0 Å². The minimum Gasteiger partial charge on any atom is -0.460 e. The molecule has 0 fully saturated rings. The molecule has 15 heavy (non-hydrogen) atoms. The Bertz CT molecular complexity index is 220. The third kappa shape index (κ3) is 6.25. The molecule has 2 unspecified atom stereocenters. The van der Waals surface area contributed by atoms with Crippen molar-refractivity contribution < 1.29 is 14.3 Å². The van der Waals surface area contributed by atoms with E-state index in [2.05, 4.69) is 6.58 Å². The fourth-order valence-electron chi connectivity index (χ4n) is 1.06. The zero-order valence-corrected chi connectivity index (χ0v) is 9.95. The zero-order valence-electron chi connectivity index (χ0n) is 9.95. The number of hydrogen-bond donors (Lipinski definition) is 1. The van der Waals surface area contributed by atoms with Gasteiger partial charge in [-0.25, -0.2) is 0 Å². The molecule has 0 heterocycles. The molecule has 2 N–H and O–H groups in total. The Morgan fingerprint density at radius 1 is 1.53 bits per heavy atom. The molecule has 0 bridgehead atoms. The molecule has 0 spiro atoms. The van der Waals surface area contributed by atoms with Crippen molar-refractivity contribution in [1.29, 1.82) is 0 Å². The lowest BCUT2D eigenvalue weighted by atomic mass is 10.1. The second-order valence-electron chi connectivity index (χ2n) is 4.38. The van der Waals surface area contributed by atoms with Crippen molar-refractivity contribution in [2.24, 2.45) is 5.73 Å². The summed E-state index contributed by atoms with van der Waals surface area (Å²) in [5.74, 6) is -0.466. The maximum atomic E-state index is 11.4. The smallest absolute Gasteiger partial charge is 0.325 e. The monoisotopic (exact) mass is 215 g/mol. The summed E-state index contributed by atoms with van der Waals surface area (Å²) >= 11 is 0. The first-order valence-corrected chi connectivity index (χ1v) is 4.99. The molecule has 0 aliphatic rings. The Morgan fingerprint density at radius 3 is 2.47 bits per heavy atom. The van der Waals surface area contributed by atoms with Gasteiger partial charge >= 0.3 is 5.97 Å². The van der Waals surface area contributed by atoms with Crippen LogP contribution in [0.5, 0.6) is 0 Å². The van der Waals surface area contributed by atoms with Crippen molar-refractivity contribution in [3.63, 3.8) is 0 Å². The molecule has 4 nitrogen and oxygen atoms in total. The van der Waals surface area contributed by atoms with Crippen LogP contribution >= 0.6 is 0 Å². The Kier molecular flexibility index (Phi) is 5.54. The number of nitrogens with two attached hydrogens (primary N) is 1. The highest BCUT2D eigenvalue weighted by Crippen LogP contribution is 2.12. The van der Waals surface area contributed by atoms with E-state index >= 15 is 0 Å². The highest BCUT2D eigenvalue weighted by atomic mass is 16.5. The second-order valence-corrected chi connectivity index (χ2v) is 4.38. The molecule has 0 radical (unpaired) electrons. The van der Waals surface area contributed by atoms with Gasteiger partial charge in [-0.15, -0.1) is 0 Å². The van der Waals surface area contributed by atoms with Crippen LogP contribution in [-0.4, -0.2) is 30.3 Å². The third-order valence-electron chi connectivity index (χ3n) is 1.66. The van der Waals surface area contributed by atoms with Crippen LogP contribution in [0.2, 0.25) is 0 Å². The van der Waals surface area contributed by atoms with Gasteiger partial charge in [0.1, 0.15) is 12.6 Å². The van der Waals surface area contributed by atoms with Crippen molar-refractivity contribution in [2.45, 2.75) is 45.4 Å². The maximum absolute atomic E-state index is 11.4. The number of ether oxygens (including phenoxy) is 2. The van der Waals surface area contributed by atoms with Gasteiger partial charge in [0, 0.05) is 0 Å². The largest absolute Gasteiger partial charge is 0.460 e. The third-order valence-corrected chi connectivity index (χ3v) is 1.66. The number of carbonyl (C=O) groups is 1. The first kappa shape index (κ1) is 14.1. The molecule has 0 aliphatic carbocycles. The average molecular weight is 215 g/mol. The highest BCUT2D eigenvalue weighted by molar-refractivity contribution is 5.76. The Balaban J connectivity index is 4.13. The molecule has 0 aromatic heterocycles.